The quantitative estimate of drug-likeness (QED) is 0.487. The Kier molecular flexibility index (Phi) is 3.93. The molecule has 13 heavy (non-hydrogen) atoms. The molecule has 74 valence electrons. The molecule has 1 saturated carbocycles. The van der Waals surface area contributed by atoms with E-state index in [-0.39, 0.29) is 5.97 Å². The third-order valence-corrected chi connectivity index (χ3v) is 2.44. The first-order valence-electron chi connectivity index (χ1n) is 4.89. The number of hydrogen-bond donors (Lipinski definition) is 0. The van der Waals surface area contributed by atoms with Crippen LogP contribution in [0.5, 0.6) is 0 Å². The maximum Gasteiger partial charge on any atom is 0.313 e. The van der Waals surface area contributed by atoms with Gasteiger partial charge < -0.3 is 4.74 Å². The van der Waals surface area contributed by atoms with E-state index in [9.17, 15) is 9.59 Å². The van der Waals surface area contributed by atoms with Gasteiger partial charge >= 0.3 is 11.9 Å². The van der Waals surface area contributed by atoms with Crippen LogP contribution in [0.3, 0.4) is 0 Å². The molecular formula is C10H16O3. The lowest BCUT2D eigenvalue weighted by Crippen LogP contribution is -2.16. The highest BCUT2D eigenvalue weighted by Crippen LogP contribution is 2.26. The first-order chi connectivity index (χ1) is 6.18. The smallest absolute Gasteiger partial charge is 0.313 e. The molecule has 0 radical (unpaired) electrons. The summed E-state index contributed by atoms with van der Waals surface area (Å²) in [5.74, 6) is -0.416. The average molecular weight is 184 g/mol. The summed E-state index contributed by atoms with van der Waals surface area (Å²) in [5.41, 5.74) is 0. The summed E-state index contributed by atoms with van der Waals surface area (Å²) >= 11 is 0. The van der Waals surface area contributed by atoms with E-state index >= 15 is 0 Å². The van der Waals surface area contributed by atoms with Gasteiger partial charge in [0.1, 0.15) is 0 Å². The summed E-state index contributed by atoms with van der Waals surface area (Å²) < 4.78 is 4.48. The van der Waals surface area contributed by atoms with Crippen molar-refractivity contribution in [1.82, 2.24) is 0 Å². The molecule has 0 atom stereocenters. The van der Waals surface area contributed by atoms with Crippen molar-refractivity contribution in [3.05, 3.63) is 0 Å². The monoisotopic (exact) mass is 184 g/mol. The number of hydrogen-bond acceptors (Lipinski definition) is 3. The van der Waals surface area contributed by atoms with E-state index in [0.717, 1.165) is 12.8 Å². The third kappa shape index (κ3) is 4.06. The molecule has 0 aromatic carbocycles. The van der Waals surface area contributed by atoms with Gasteiger partial charge in [0.05, 0.1) is 0 Å². The topological polar surface area (TPSA) is 43.4 Å². The molecule has 3 heteroatoms. The second-order valence-electron chi connectivity index (χ2n) is 3.67. The predicted molar refractivity (Wildman–Crippen MR) is 48.0 cm³/mol. The Balaban J connectivity index is 2.22. The van der Waals surface area contributed by atoms with Crippen LogP contribution in [-0.4, -0.2) is 11.9 Å². The molecule has 3 nitrogen and oxygen atoms in total. The van der Waals surface area contributed by atoms with Crippen LogP contribution in [0.25, 0.3) is 0 Å². The molecule has 0 bridgehead atoms. The van der Waals surface area contributed by atoms with Gasteiger partial charge in [0.25, 0.3) is 0 Å². The molecule has 0 saturated heterocycles. The first kappa shape index (κ1) is 10.2. The molecule has 0 aromatic rings. The van der Waals surface area contributed by atoms with Gasteiger partial charge in [0, 0.05) is 13.3 Å². The summed E-state index contributed by atoms with van der Waals surface area (Å²) in [6.45, 7) is 1.26. The molecular weight excluding hydrogens is 168 g/mol. The number of rotatable bonds is 2. The summed E-state index contributed by atoms with van der Waals surface area (Å²) in [7, 11) is 0. The van der Waals surface area contributed by atoms with Crippen molar-refractivity contribution >= 4 is 11.9 Å². The number of ether oxygens (including phenoxy) is 1. The lowest BCUT2D eigenvalue weighted by atomic mass is 9.87. The summed E-state index contributed by atoms with van der Waals surface area (Å²) in [5, 5.41) is 0. The van der Waals surface area contributed by atoms with Crippen LogP contribution in [0.2, 0.25) is 0 Å². The van der Waals surface area contributed by atoms with Crippen molar-refractivity contribution in [3.8, 4) is 0 Å². The number of carbonyl (C=O) groups excluding carboxylic acids is 2. The molecule has 0 aromatic heterocycles. The van der Waals surface area contributed by atoms with Gasteiger partial charge in [-0.15, -0.1) is 0 Å². The Morgan fingerprint density at radius 3 is 2.38 bits per heavy atom. The molecule has 1 aliphatic rings. The van der Waals surface area contributed by atoms with E-state index in [1.165, 1.54) is 26.2 Å². The summed E-state index contributed by atoms with van der Waals surface area (Å²) in [6, 6.07) is 0. The second-order valence-corrected chi connectivity index (χ2v) is 3.67. The molecule has 0 aliphatic heterocycles. The molecule has 1 rings (SSSR count). The minimum atomic E-state index is -0.499. The van der Waals surface area contributed by atoms with Crippen LogP contribution in [-0.2, 0) is 14.3 Å². The van der Waals surface area contributed by atoms with Gasteiger partial charge in [0.15, 0.2) is 0 Å². The van der Waals surface area contributed by atoms with Gasteiger partial charge in [-0.05, 0) is 18.8 Å². The zero-order valence-corrected chi connectivity index (χ0v) is 8.04. The van der Waals surface area contributed by atoms with Crippen LogP contribution in [0.1, 0.15) is 45.4 Å². The summed E-state index contributed by atoms with van der Waals surface area (Å²) in [4.78, 5) is 21.5. The fourth-order valence-electron chi connectivity index (χ4n) is 1.83. The third-order valence-electron chi connectivity index (χ3n) is 2.44. The van der Waals surface area contributed by atoms with E-state index < -0.39 is 5.97 Å². The fraction of sp³-hybridized carbons (Fsp3) is 0.800. The number of carbonyl (C=O) groups is 2. The maximum atomic E-state index is 11.1. The normalized spacial score (nSPS) is 18.2. The first-order valence-corrected chi connectivity index (χ1v) is 4.89. The van der Waals surface area contributed by atoms with Gasteiger partial charge in [-0.25, -0.2) is 0 Å². The highest BCUT2D eigenvalue weighted by Gasteiger charge is 2.18. The Labute approximate surface area is 78.5 Å². The van der Waals surface area contributed by atoms with E-state index in [1.54, 1.807) is 0 Å². The van der Waals surface area contributed by atoms with Gasteiger partial charge in [0.2, 0.25) is 0 Å². The van der Waals surface area contributed by atoms with Gasteiger partial charge in [-0.3, -0.25) is 9.59 Å². The van der Waals surface area contributed by atoms with Gasteiger partial charge in [-0.2, -0.15) is 0 Å². The zero-order valence-electron chi connectivity index (χ0n) is 8.04. The SMILES string of the molecule is CC(=O)OC(=O)CC1CCCCC1. The van der Waals surface area contributed by atoms with E-state index in [1.807, 2.05) is 0 Å². The Bertz CT molecular complexity index is 192. The van der Waals surface area contributed by atoms with Crippen molar-refractivity contribution < 1.29 is 14.3 Å². The Morgan fingerprint density at radius 1 is 1.23 bits per heavy atom. The summed E-state index contributed by atoms with van der Waals surface area (Å²) in [6.07, 6.45) is 6.31. The Morgan fingerprint density at radius 2 is 1.85 bits per heavy atom. The molecule has 0 N–H and O–H groups in total. The van der Waals surface area contributed by atoms with E-state index in [4.69, 9.17) is 0 Å². The van der Waals surface area contributed by atoms with Crippen LogP contribution in [0.15, 0.2) is 0 Å². The van der Waals surface area contributed by atoms with Crippen molar-refractivity contribution in [3.63, 3.8) is 0 Å². The Hall–Kier alpha value is -0.860. The van der Waals surface area contributed by atoms with Crippen LogP contribution < -0.4 is 0 Å². The van der Waals surface area contributed by atoms with Crippen LogP contribution >= 0.6 is 0 Å². The zero-order chi connectivity index (χ0) is 9.68. The maximum absolute atomic E-state index is 11.1. The highest BCUT2D eigenvalue weighted by molar-refractivity contribution is 5.84. The largest absolute Gasteiger partial charge is 0.393 e. The molecule has 1 aliphatic carbocycles. The van der Waals surface area contributed by atoms with Crippen LogP contribution in [0, 0.1) is 5.92 Å². The standard InChI is InChI=1S/C10H16O3/c1-8(11)13-10(12)7-9-5-3-2-4-6-9/h9H,2-7H2,1H3. The van der Waals surface area contributed by atoms with E-state index in [0.29, 0.717) is 12.3 Å². The molecule has 1 fully saturated rings. The highest BCUT2D eigenvalue weighted by atomic mass is 16.6. The molecule has 0 spiro atoms. The molecule has 0 heterocycles. The van der Waals surface area contributed by atoms with Crippen molar-refractivity contribution in [1.29, 1.82) is 0 Å². The second kappa shape index (κ2) is 5.00. The van der Waals surface area contributed by atoms with Crippen molar-refractivity contribution in [2.24, 2.45) is 5.92 Å². The number of esters is 2. The molecule has 0 amide bonds. The molecule has 0 unspecified atom stereocenters. The lowest BCUT2D eigenvalue weighted by Gasteiger charge is -2.19. The minimum absolute atomic E-state index is 0.362. The lowest BCUT2D eigenvalue weighted by molar-refractivity contribution is -0.158. The van der Waals surface area contributed by atoms with Crippen LogP contribution in [0.4, 0.5) is 0 Å². The van der Waals surface area contributed by atoms with Crippen molar-refractivity contribution in [2.45, 2.75) is 45.4 Å². The van der Waals surface area contributed by atoms with Gasteiger partial charge in [-0.1, -0.05) is 19.3 Å². The average Bonchev–Trinajstić information content (AvgIpc) is 2.04. The van der Waals surface area contributed by atoms with Crippen molar-refractivity contribution in [2.75, 3.05) is 0 Å². The van der Waals surface area contributed by atoms with E-state index in [2.05, 4.69) is 4.74 Å². The minimum Gasteiger partial charge on any atom is -0.393 e. The fourth-order valence-corrected chi connectivity index (χ4v) is 1.83. The predicted octanol–water partition coefficient (Wildman–Crippen LogP) is 2.05.